The van der Waals surface area contributed by atoms with E-state index >= 15 is 0 Å². The van der Waals surface area contributed by atoms with Crippen molar-refractivity contribution in [3.63, 3.8) is 0 Å². The van der Waals surface area contributed by atoms with Gasteiger partial charge < -0.3 is 15.0 Å². The molecule has 1 aromatic heterocycles. The van der Waals surface area contributed by atoms with E-state index in [1.165, 1.54) is 6.33 Å². The third kappa shape index (κ3) is 2.79. The fraction of sp³-hybridized carbons (Fsp3) is 0.556. The van der Waals surface area contributed by atoms with Crippen molar-refractivity contribution in [2.75, 3.05) is 18.1 Å². The Hall–Kier alpha value is -0.880. The van der Waals surface area contributed by atoms with Gasteiger partial charge in [0.15, 0.2) is 5.82 Å². The van der Waals surface area contributed by atoms with Crippen LogP contribution >= 0.6 is 15.9 Å². The van der Waals surface area contributed by atoms with Crippen LogP contribution < -0.4 is 10.5 Å². The molecule has 0 saturated heterocycles. The predicted molar refractivity (Wildman–Crippen MR) is 62.1 cm³/mol. The molecule has 6 heteroatoms. The Bertz CT molecular complexity index is 378. The highest BCUT2D eigenvalue weighted by Crippen LogP contribution is 2.20. The van der Waals surface area contributed by atoms with E-state index in [2.05, 4.69) is 25.9 Å². The van der Waals surface area contributed by atoms with Gasteiger partial charge in [0.05, 0.1) is 12.9 Å². The van der Waals surface area contributed by atoms with Crippen LogP contribution in [0.15, 0.2) is 15.6 Å². The number of rotatable bonds is 4. The molecular formula is C9H14BrN3O2. The van der Waals surface area contributed by atoms with Gasteiger partial charge in [-0.25, -0.2) is 4.98 Å². The molecule has 0 aliphatic rings. The number of nitrogens with one attached hydrogen (secondary N) is 1. The van der Waals surface area contributed by atoms with Crippen molar-refractivity contribution in [1.29, 1.82) is 0 Å². The van der Waals surface area contributed by atoms with Crippen molar-refractivity contribution in [2.24, 2.45) is 0 Å². The van der Waals surface area contributed by atoms with E-state index in [1.807, 2.05) is 18.7 Å². The molecule has 0 saturated carbocycles. The molecule has 1 aromatic rings. The Morgan fingerprint density at radius 2 is 2.33 bits per heavy atom. The molecular weight excluding hydrogens is 262 g/mol. The second-order valence-electron chi connectivity index (χ2n) is 3.38. The van der Waals surface area contributed by atoms with Crippen LogP contribution in [0.1, 0.15) is 13.8 Å². The number of aromatic amines is 1. The summed E-state index contributed by atoms with van der Waals surface area (Å²) in [6.07, 6.45) is 1.36. The number of halogens is 1. The Kier molecular flexibility index (Phi) is 4.28. The third-order valence-electron chi connectivity index (χ3n) is 2.01. The molecule has 5 nitrogen and oxygen atoms in total. The summed E-state index contributed by atoms with van der Waals surface area (Å²) < 4.78 is 0.396. The third-order valence-corrected chi connectivity index (χ3v) is 2.73. The van der Waals surface area contributed by atoms with E-state index in [0.717, 1.165) is 0 Å². The zero-order valence-corrected chi connectivity index (χ0v) is 10.3. The topological polar surface area (TPSA) is 69.2 Å². The van der Waals surface area contributed by atoms with Crippen molar-refractivity contribution in [3.05, 3.63) is 21.2 Å². The molecule has 0 unspecified atom stereocenters. The fourth-order valence-electron chi connectivity index (χ4n) is 1.29. The molecule has 1 rings (SSSR count). The van der Waals surface area contributed by atoms with E-state index in [1.54, 1.807) is 0 Å². The average molecular weight is 276 g/mol. The minimum Gasteiger partial charge on any atom is -0.395 e. The molecule has 0 aromatic carbocycles. The van der Waals surface area contributed by atoms with Crippen LogP contribution in [-0.4, -0.2) is 34.3 Å². The van der Waals surface area contributed by atoms with E-state index in [9.17, 15) is 4.79 Å². The first-order chi connectivity index (χ1) is 7.07. The lowest BCUT2D eigenvalue weighted by molar-refractivity contribution is 0.298. The summed E-state index contributed by atoms with van der Waals surface area (Å²) in [4.78, 5) is 19.8. The fourth-order valence-corrected chi connectivity index (χ4v) is 1.73. The molecule has 15 heavy (non-hydrogen) atoms. The van der Waals surface area contributed by atoms with Gasteiger partial charge in [-0.3, -0.25) is 4.79 Å². The molecule has 0 spiro atoms. The van der Waals surface area contributed by atoms with Gasteiger partial charge in [0, 0.05) is 12.6 Å². The molecule has 84 valence electrons. The quantitative estimate of drug-likeness (QED) is 0.851. The summed E-state index contributed by atoms with van der Waals surface area (Å²) in [5, 5.41) is 8.94. The van der Waals surface area contributed by atoms with E-state index < -0.39 is 0 Å². The predicted octanol–water partition coefficient (Wildman–Crippen LogP) is 0.740. The van der Waals surface area contributed by atoms with Gasteiger partial charge in [-0.05, 0) is 29.8 Å². The number of H-pyrrole nitrogens is 1. The lowest BCUT2D eigenvalue weighted by atomic mass is 10.3. The molecule has 0 fully saturated rings. The van der Waals surface area contributed by atoms with Crippen LogP contribution in [0, 0.1) is 0 Å². The standard InChI is InChI=1S/C9H14BrN3O2/c1-6(2)13(3-4-14)8-7(10)9(15)12-5-11-8/h5-6,14H,3-4H2,1-2H3,(H,11,12,15). The number of aromatic nitrogens is 2. The summed E-state index contributed by atoms with van der Waals surface area (Å²) in [5.41, 5.74) is -0.219. The zero-order valence-electron chi connectivity index (χ0n) is 8.70. The van der Waals surface area contributed by atoms with Crippen LogP contribution in [-0.2, 0) is 0 Å². The van der Waals surface area contributed by atoms with E-state index in [4.69, 9.17) is 5.11 Å². The number of hydrogen-bond donors (Lipinski definition) is 2. The van der Waals surface area contributed by atoms with Gasteiger partial charge in [-0.15, -0.1) is 0 Å². The summed E-state index contributed by atoms with van der Waals surface area (Å²) in [7, 11) is 0. The highest BCUT2D eigenvalue weighted by atomic mass is 79.9. The first-order valence-corrected chi connectivity index (χ1v) is 5.48. The minimum absolute atomic E-state index is 0.0269. The van der Waals surface area contributed by atoms with E-state index in [0.29, 0.717) is 16.8 Å². The molecule has 0 atom stereocenters. The number of aliphatic hydroxyl groups excluding tert-OH is 1. The lowest BCUT2D eigenvalue weighted by Crippen LogP contribution is -2.35. The maximum atomic E-state index is 11.3. The molecule has 0 aliphatic heterocycles. The van der Waals surface area contributed by atoms with Crippen LogP contribution in [0.2, 0.25) is 0 Å². The summed E-state index contributed by atoms with van der Waals surface area (Å²) >= 11 is 3.19. The lowest BCUT2D eigenvalue weighted by Gasteiger charge is -2.27. The van der Waals surface area contributed by atoms with Gasteiger partial charge in [0.2, 0.25) is 0 Å². The first-order valence-electron chi connectivity index (χ1n) is 4.68. The number of hydrogen-bond acceptors (Lipinski definition) is 4. The van der Waals surface area contributed by atoms with Crippen LogP contribution in [0.5, 0.6) is 0 Å². The Morgan fingerprint density at radius 3 is 2.87 bits per heavy atom. The maximum absolute atomic E-state index is 11.3. The van der Waals surface area contributed by atoms with Crippen molar-refractivity contribution in [2.45, 2.75) is 19.9 Å². The van der Waals surface area contributed by atoms with Gasteiger partial charge in [0.1, 0.15) is 4.47 Å². The molecule has 0 amide bonds. The van der Waals surface area contributed by atoms with Crippen molar-refractivity contribution < 1.29 is 5.11 Å². The largest absolute Gasteiger partial charge is 0.395 e. The van der Waals surface area contributed by atoms with Crippen LogP contribution in [0.4, 0.5) is 5.82 Å². The highest BCUT2D eigenvalue weighted by Gasteiger charge is 2.16. The number of anilines is 1. The number of nitrogens with zero attached hydrogens (tertiary/aromatic N) is 2. The van der Waals surface area contributed by atoms with Gasteiger partial charge >= 0.3 is 0 Å². The highest BCUT2D eigenvalue weighted by molar-refractivity contribution is 9.10. The first kappa shape index (κ1) is 12.2. The Labute approximate surface area is 96.3 Å². The van der Waals surface area contributed by atoms with Gasteiger partial charge in [0.25, 0.3) is 5.56 Å². The van der Waals surface area contributed by atoms with Gasteiger partial charge in [-0.2, -0.15) is 0 Å². The number of aliphatic hydroxyl groups is 1. The molecule has 1 heterocycles. The van der Waals surface area contributed by atoms with Crippen LogP contribution in [0.3, 0.4) is 0 Å². The SMILES string of the molecule is CC(C)N(CCO)c1nc[nH]c(=O)c1Br. The second-order valence-corrected chi connectivity index (χ2v) is 4.17. The smallest absolute Gasteiger partial charge is 0.267 e. The summed E-state index contributed by atoms with van der Waals surface area (Å²) in [5.74, 6) is 0.558. The normalized spacial score (nSPS) is 10.7. The molecule has 0 aliphatic carbocycles. The molecule has 2 N–H and O–H groups in total. The van der Waals surface area contributed by atoms with Crippen molar-refractivity contribution in [3.8, 4) is 0 Å². The molecule has 0 bridgehead atoms. The minimum atomic E-state index is -0.219. The Morgan fingerprint density at radius 1 is 1.67 bits per heavy atom. The van der Waals surface area contributed by atoms with Crippen molar-refractivity contribution >= 4 is 21.7 Å². The monoisotopic (exact) mass is 275 g/mol. The van der Waals surface area contributed by atoms with Crippen molar-refractivity contribution in [1.82, 2.24) is 9.97 Å². The second kappa shape index (κ2) is 5.27. The summed E-state index contributed by atoms with van der Waals surface area (Å²) in [6.45, 7) is 4.43. The Balaban J connectivity index is 3.11. The summed E-state index contributed by atoms with van der Waals surface area (Å²) in [6, 6.07) is 0.169. The average Bonchev–Trinajstić information content (AvgIpc) is 2.19. The van der Waals surface area contributed by atoms with Gasteiger partial charge in [-0.1, -0.05) is 0 Å². The molecule has 0 radical (unpaired) electrons. The van der Waals surface area contributed by atoms with E-state index in [-0.39, 0.29) is 18.2 Å². The zero-order chi connectivity index (χ0) is 11.4. The van der Waals surface area contributed by atoms with Crippen LogP contribution in [0.25, 0.3) is 0 Å². The maximum Gasteiger partial charge on any atom is 0.267 e.